The highest BCUT2D eigenvalue weighted by Gasteiger charge is 2.34. The van der Waals surface area contributed by atoms with E-state index in [4.69, 9.17) is 14.6 Å². The third kappa shape index (κ3) is 4.98. The predicted molar refractivity (Wildman–Crippen MR) is 112 cm³/mol. The molecule has 9 heteroatoms. The van der Waals surface area contributed by atoms with Gasteiger partial charge >= 0.3 is 12.0 Å². The Labute approximate surface area is 181 Å². The molecule has 0 spiro atoms. The molecule has 0 aromatic heterocycles. The van der Waals surface area contributed by atoms with Crippen LogP contribution < -0.4 is 14.8 Å². The van der Waals surface area contributed by atoms with Gasteiger partial charge in [0.25, 0.3) is 5.91 Å². The minimum Gasteiger partial charge on any atom is -0.490 e. The van der Waals surface area contributed by atoms with Crippen molar-refractivity contribution in [3.8, 4) is 11.5 Å². The van der Waals surface area contributed by atoms with Crippen molar-refractivity contribution in [2.24, 2.45) is 0 Å². The summed E-state index contributed by atoms with van der Waals surface area (Å²) in [5, 5.41) is 11.2. The maximum atomic E-state index is 12.3. The highest BCUT2D eigenvalue weighted by Crippen LogP contribution is 2.38. The van der Waals surface area contributed by atoms with Crippen LogP contribution in [0.2, 0.25) is 0 Å². The van der Waals surface area contributed by atoms with Crippen LogP contribution >= 0.6 is 15.9 Å². The molecular weight excluding hydrogens is 456 g/mol. The number of benzene rings is 2. The summed E-state index contributed by atoms with van der Waals surface area (Å²) in [4.78, 5) is 35.7. The SMILES string of the molecule is CCOc1cc(/C=C2/NC(=O)N(CC(=O)O)C2=O)cc(Br)c1OCc1ccccc1. The van der Waals surface area contributed by atoms with E-state index in [0.717, 1.165) is 5.56 Å². The van der Waals surface area contributed by atoms with E-state index in [9.17, 15) is 14.4 Å². The van der Waals surface area contributed by atoms with E-state index in [1.165, 1.54) is 6.08 Å². The summed E-state index contributed by atoms with van der Waals surface area (Å²) in [6, 6.07) is 12.3. The van der Waals surface area contributed by atoms with Gasteiger partial charge in [-0.05, 0) is 52.2 Å². The lowest BCUT2D eigenvalue weighted by Crippen LogP contribution is -2.35. The lowest BCUT2D eigenvalue weighted by atomic mass is 10.1. The molecule has 0 bridgehead atoms. The Morgan fingerprint density at radius 2 is 1.93 bits per heavy atom. The lowest BCUT2D eigenvalue weighted by Gasteiger charge is -2.15. The highest BCUT2D eigenvalue weighted by molar-refractivity contribution is 9.10. The Kier molecular flexibility index (Phi) is 6.73. The molecule has 3 amide bonds. The second-order valence-corrected chi connectivity index (χ2v) is 7.16. The first kappa shape index (κ1) is 21.4. The van der Waals surface area contributed by atoms with Gasteiger partial charge in [0.05, 0.1) is 11.1 Å². The van der Waals surface area contributed by atoms with Gasteiger partial charge in [0.2, 0.25) is 0 Å². The van der Waals surface area contributed by atoms with Crippen LogP contribution in [0.3, 0.4) is 0 Å². The van der Waals surface area contributed by atoms with Crippen molar-refractivity contribution >= 4 is 39.9 Å². The molecule has 0 saturated carbocycles. The average Bonchev–Trinajstić information content (AvgIpc) is 2.95. The van der Waals surface area contributed by atoms with Gasteiger partial charge in [-0.25, -0.2) is 9.69 Å². The standard InChI is InChI=1S/C21H19BrN2O6/c1-2-29-17-10-14(9-16-20(27)24(11-18(25)26)21(28)23-16)8-15(22)19(17)30-12-13-6-4-3-5-7-13/h3-10H,2,11-12H2,1H3,(H,23,28)(H,25,26)/b16-9+. The fourth-order valence-electron chi connectivity index (χ4n) is 2.82. The molecule has 1 aliphatic heterocycles. The number of carbonyl (C=O) groups excluding carboxylic acids is 2. The van der Waals surface area contributed by atoms with Crippen LogP contribution in [0.4, 0.5) is 4.79 Å². The number of carbonyl (C=O) groups is 3. The molecule has 0 radical (unpaired) electrons. The zero-order chi connectivity index (χ0) is 21.7. The normalized spacial score (nSPS) is 14.7. The molecule has 2 N–H and O–H groups in total. The van der Waals surface area contributed by atoms with Gasteiger partial charge in [0.1, 0.15) is 18.8 Å². The van der Waals surface area contributed by atoms with Crippen molar-refractivity contribution in [2.45, 2.75) is 13.5 Å². The maximum absolute atomic E-state index is 12.3. The molecule has 1 aliphatic rings. The summed E-state index contributed by atoms with van der Waals surface area (Å²) in [6.07, 6.45) is 1.45. The summed E-state index contributed by atoms with van der Waals surface area (Å²) in [7, 11) is 0. The fraction of sp³-hybridized carbons (Fsp3) is 0.190. The van der Waals surface area contributed by atoms with Gasteiger partial charge in [-0.3, -0.25) is 9.59 Å². The number of aliphatic carboxylic acids is 1. The van der Waals surface area contributed by atoms with Crippen LogP contribution in [0.25, 0.3) is 6.08 Å². The molecule has 0 unspecified atom stereocenters. The summed E-state index contributed by atoms with van der Waals surface area (Å²) in [5.41, 5.74) is 1.54. The Morgan fingerprint density at radius 1 is 1.20 bits per heavy atom. The molecule has 0 atom stereocenters. The van der Waals surface area contributed by atoms with E-state index in [1.807, 2.05) is 37.3 Å². The number of nitrogens with zero attached hydrogens (tertiary/aromatic N) is 1. The van der Waals surface area contributed by atoms with Crippen molar-refractivity contribution in [2.75, 3.05) is 13.2 Å². The Bertz CT molecular complexity index is 1010. The first-order chi connectivity index (χ1) is 14.4. The molecule has 1 heterocycles. The van der Waals surface area contributed by atoms with E-state index in [-0.39, 0.29) is 5.70 Å². The van der Waals surface area contributed by atoms with Gasteiger partial charge in [-0.15, -0.1) is 0 Å². The lowest BCUT2D eigenvalue weighted by molar-refractivity contribution is -0.140. The number of nitrogens with one attached hydrogen (secondary N) is 1. The van der Waals surface area contributed by atoms with E-state index in [0.29, 0.717) is 39.6 Å². The van der Waals surface area contributed by atoms with Crippen LogP contribution in [0, 0.1) is 0 Å². The van der Waals surface area contributed by atoms with Crippen LogP contribution in [-0.2, 0) is 16.2 Å². The van der Waals surface area contributed by atoms with Crippen molar-refractivity contribution in [3.63, 3.8) is 0 Å². The molecule has 3 rings (SSSR count). The molecule has 2 aromatic carbocycles. The summed E-state index contributed by atoms with van der Waals surface area (Å²) in [5.74, 6) is -1.01. The van der Waals surface area contributed by atoms with Crippen LogP contribution in [-0.4, -0.2) is 41.1 Å². The van der Waals surface area contributed by atoms with Crippen molar-refractivity contribution < 1.29 is 29.0 Å². The Balaban J connectivity index is 1.86. The van der Waals surface area contributed by atoms with Gasteiger partial charge in [-0.1, -0.05) is 30.3 Å². The molecule has 8 nitrogen and oxygen atoms in total. The highest BCUT2D eigenvalue weighted by atomic mass is 79.9. The number of ether oxygens (including phenoxy) is 2. The first-order valence-corrected chi connectivity index (χ1v) is 9.87. The minimum atomic E-state index is -1.28. The Morgan fingerprint density at radius 3 is 2.60 bits per heavy atom. The number of hydrogen-bond donors (Lipinski definition) is 2. The van der Waals surface area contributed by atoms with Gasteiger partial charge in [0, 0.05) is 0 Å². The van der Waals surface area contributed by atoms with E-state index in [1.54, 1.807) is 12.1 Å². The second-order valence-electron chi connectivity index (χ2n) is 6.31. The quantitative estimate of drug-likeness (QED) is 0.448. The second kappa shape index (κ2) is 9.45. The smallest absolute Gasteiger partial charge is 0.329 e. The molecule has 2 aromatic rings. The van der Waals surface area contributed by atoms with Crippen LogP contribution in [0.15, 0.2) is 52.6 Å². The number of rotatable bonds is 8. The number of amides is 3. The van der Waals surface area contributed by atoms with E-state index < -0.39 is 24.5 Å². The predicted octanol–water partition coefficient (Wildman–Crippen LogP) is 3.40. The van der Waals surface area contributed by atoms with Crippen LogP contribution in [0.1, 0.15) is 18.1 Å². The third-order valence-corrected chi connectivity index (χ3v) is 4.71. The molecule has 30 heavy (non-hydrogen) atoms. The van der Waals surface area contributed by atoms with Gasteiger partial charge in [-0.2, -0.15) is 0 Å². The maximum Gasteiger partial charge on any atom is 0.329 e. The fourth-order valence-corrected chi connectivity index (χ4v) is 3.40. The molecule has 1 fully saturated rings. The average molecular weight is 475 g/mol. The number of carboxylic acid groups (broad SMARTS) is 1. The zero-order valence-corrected chi connectivity index (χ0v) is 17.6. The largest absolute Gasteiger partial charge is 0.490 e. The van der Waals surface area contributed by atoms with E-state index in [2.05, 4.69) is 21.2 Å². The number of halogens is 1. The number of imide groups is 1. The van der Waals surface area contributed by atoms with Crippen molar-refractivity contribution in [1.82, 2.24) is 10.2 Å². The number of carboxylic acids is 1. The molecule has 0 aliphatic carbocycles. The molecule has 156 valence electrons. The Hall–Kier alpha value is -3.33. The zero-order valence-electron chi connectivity index (χ0n) is 16.1. The third-order valence-electron chi connectivity index (χ3n) is 4.12. The summed E-state index contributed by atoms with van der Waals surface area (Å²) < 4.78 is 12.2. The van der Waals surface area contributed by atoms with Gasteiger partial charge in [0.15, 0.2) is 11.5 Å². The molecular formula is C21H19BrN2O6. The minimum absolute atomic E-state index is 0.0199. The van der Waals surface area contributed by atoms with Crippen molar-refractivity contribution in [3.05, 3.63) is 63.8 Å². The van der Waals surface area contributed by atoms with E-state index >= 15 is 0 Å². The first-order valence-electron chi connectivity index (χ1n) is 9.08. The van der Waals surface area contributed by atoms with Gasteiger partial charge < -0.3 is 19.9 Å². The van der Waals surface area contributed by atoms with Crippen molar-refractivity contribution in [1.29, 1.82) is 0 Å². The van der Waals surface area contributed by atoms with Crippen LogP contribution in [0.5, 0.6) is 11.5 Å². The summed E-state index contributed by atoms with van der Waals surface area (Å²) >= 11 is 3.47. The monoisotopic (exact) mass is 474 g/mol. The number of hydrogen-bond acceptors (Lipinski definition) is 5. The topological polar surface area (TPSA) is 105 Å². The molecule has 1 saturated heterocycles. The summed E-state index contributed by atoms with van der Waals surface area (Å²) in [6.45, 7) is 1.88. The number of urea groups is 1.